The fourth-order valence-electron chi connectivity index (χ4n) is 1.83. The van der Waals surface area contributed by atoms with Gasteiger partial charge in [-0.05, 0) is 12.1 Å². The van der Waals surface area contributed by atoms with Crippen LogP contribution in [0.25, 0.3) is 5.65 Å². The molecule has 0 atom stereocenters. The first-order chi connectivity index (χ1) is 8.05. The van der Waals surface area contributed by atoms with Crippen LogP contribution in [0.3, 0.4) is 0 Å². The van der Waals surface area contributed by atoms with Crippen molar-refractivity contribution in [3.05, 3.63) is 29.7 Å². The van der Waals surface area contributed by atoms with Crippen LogP contribution in [0.1, 0.15) is 17.3 Å². The number of aromatic nitrogens is 3. The predicted molar refractivity (Wildman–Crippen MR) is 68.1 cm³/mol. The number of hydrogen-bond acceptors (Lipinski definition) is 3. The van der Waals surface area contributed by atoms with Crippen LogP contribution < -0.4 is 5.32 Å². The number of halogens is 5. The topological polar surface area (TPSA) is 42.2 Å². The van der Waals surface area contributed by atoms with Gasteiger partial charge in [0.15, 0.2) is 5.65 Å². The second kappa shape index (κ2) is 5.52. The Morgan fingerprint density at radius 1 is 1.16 bits per heavy atom. The van der Waals surface area contributed by atoms with Crippen molar-refractivity contribution in [1.82, 2.24) is 19.9 Å². The molecule has 1 N–H and O–H groups in total. The van der Waals surface area contributed by atoms with E-state index in [0.29, 0.717) is 11.5 Å². The summed E-state index contributed by atoms with van der Waals surface area (Å²) >= 11 is 0. The Labute approximate surface area is 119 Å². The molecule has 2 aromatic rings. The van der Waals surface area contributed by atoms with Crippen LogP contribution in [0.5, 0.6) is 0 Å². The van der Waals surface area contributed by atoms with Gasteiger partial charge in [0.1, 0.15) is 5.82 Å². The molecule has 1 fully saturated rings. The molecule has 0 amide bonds. The Bertz CT molecular complexity index is 565. The average molecular weight is 315 g/mol. The minimum atomic E-state index is -4.34. The third-order valence-corrected chi connectivity index (χ3v) is 2.90. The first-order valence-electron chi connectivity index (χ1n) is 5.18. The Kier molecular flexibility index (Phi) is 4.65. The zero-order valence-electron chi connectivity index (χ0n) is 9.52. The number of fused-ring (bicyclic) bond motifs is 1. The number of pyridine rings is 1. The molecule has 1 aliphatic rings. The molecule has 19 heavy (non-hydrogen) atoms. The number of rotatable bonds is 1. The number of alkyl halides is 3. The molecular weight excluding hydrogens is 304 g/mol. The van der Waals surface area contributed by atoms with E-state index in [0.717, 1.165) is 25.4 Å². The Hall–Kier alpha value is -1.05. The molecule has 0 radical (unpaired) electrons. The van der Waals surface area contributed by atoms with Gasteiger partial charge in [0.2, 0.25) is 0 Å². The number of nitrogens with zero attached hydrogens (tertiary/aromatic N) is 3. The van der Waals surface area contributed by atoms with E-state index in [9.17, 15) is 13.2 Å². The highest BCUT2D eigenvalue weighted by Crippen LogP contribution is 2.30. The molecular formula is C10H11Cl2F3N4. The molecule has 4 nitrogen and oxygen atoms in total. The summed E-state index contributed by atoms with van der Waals surface area (Å²) in [6.07, 6.45) is -3.28. The maximum Gasteiger partial charge on any atom is 0.417 e. The first-order valence-corrected chi connectivity index (χ1v) is 5.18. The third-order valence-electron chi connectivity index (χ3n) is 2.90. The van der Waals surface area contributed by atoms with Gasteiger partial charge in [-0.15, -0.1) is 35.0 Å². The van der Waals surface area contributed by atoms with Crippen LogP contribution in [0.15, 0.2) is 18.3 Å². The van der Waals surface area contributed by atoms with E-state index in [4.69, 9.17) is 0 Å². The molecule has 0 spiro atoms. The molecule has 0 bridgehead atoms. The van der Waals surface area contributed by atoms with E-state index in [1.54, 1.807) is 0 Å². The fraction of sp³-hybridized carbons (Fsp3) is 0.400. The van der Waals surface area contributed by atoms with Crippen LogP contribution in [0.2, 0.25) is 0 Å². The summed E-state index contributed by atoms with van der Waals surface area (Å²) in [7, 11) is 0. The van der Waals surface area contributed by atoms with Crippen molar-refractivity contribution < 1.29 is 13.2 Å². The molecule has 9 heteroatoms. The highest BCUT2D eigenvalue weighted by molar-refractivity contribution is 5.85. The van der Waals surface area contributed by atoms with Crippen molar-refractivity contribution in [2.75, 3.05) is 13.1 Å². The van der Waals surface area contributed by atoms with Gasteiger partial charge >= 0.3 is 6.18 Å². The van der Waals surface area contributed by atoms with Gasteiger partial charge in [0, 0.05) is 25.2 Å². The molecule has 0 aromatic carbocycles. The molecule has 106 valence electrons. The summed E-state index contributed by atoms with van der Waals surface area (Å²) in [6, 6.07) is 2.36. The average Bonchev–Trinajstić information content (AvgIpc) is 2.57. The van der Waals surface area contributed by atoms with E-state index in [1.165, 1.54) is 10.5 Å². The van der Waals surface area contributed by atoms with Crippen molar-refractivity contribution in [1.29, 1.82) is 0 Å². The zero-order chi connectivity index (χ0) is 12.0. The third kappa shape index (κ3) is 2.77. The zero-order valence-corrected chi connectivity index (χ0v) is 11.1. The van der Waals surface area contributed by atoms with Gasteiger partial charge in [0.05, 0.1) is 5.56 Å². The van der Waals surface area contributed by atoms with Gasteiger partial charge in [-0.3, -0.25) is 4.40 Å². The molecule has 1 saturated heterocycles. The predicted octanol–water partition coefficient (Wildman–Crippen LogP) is 2.28. The first kappa shape index (κ1) is 16.0. The second-order valence-electron chi connectivity index (χ2n) is 4.06. The second-order valence-corrected chi connectivity index (χ2v) is 4.06. The SMILES string of the molecule is Cl.Cl.FC(F)(F)c1ccc2nnc(C3CNC3)n2c1. The molecule has 0 aliphatic carbocycles. The van der Waals surface area contributed by atoms with Crippen LogP contribution in [-0.2, 0) is 6.18 Å². The van der Waals surface area contributed by atoms with Gasteiger partial charge in [-0.25, -0.2) is 0 Å². The smallest absolute Gasteiger partial charge is 0.315 e. The number of hydrogen-bond donors (Lipinski definition) is 1. The Morgan fingerprint density at radius 3 is 2.37 bits per heavy atom. The standard InChI is InChI=1S/C10H9F3N4.2ClH/c11-10(12,13)7-1-2-8-15-16-9(17(8)5-7)6-3-14-4-6;;/h1-2,5-6,14H,3-4H2;2*1H. The van der Waals surface area contributed by atoms with Crippen molar-refractivity contribution in [2.24, 2.45) is 0 Å². The minimum absolute atomic E-state index is 0. The molecule has 0 saturated carbocycles. The van der Waals surface area contributed by atoms with Crippen LogP contribution in [0, 0.1) is 0 Å². The highest BCUT2D eigenvalue weighted by Gasteiger charge is 2.32. The van der Waals surface area contributed by atoms with E-state index in [2.05, 4.69) is 15.5 Å². The summed E-state index contributed by atoms with van der Waals surface area (Å²) in [4.78, 5) is 0. The van der Waals surface area contributed by atoms with Gasteiger partial charge < -0.3 is 5.32 Å². The van der Waals surface area contributed by atoms with Gasteiger partial charge in [-0.1, -0.05) is 0 Å². The van der Waals surface area contributed by atoms with Crippen molar-refractivity contribution in [3.63, 3.8) is 0 Å². The monoisotopic (exact) mass is 314 g/mol. The van der Waals surface area contributed by atoms with Crippen molar-refractivity contribution in [3.8, 4) is 0 Å². The van der Waals surface area contributed by atoms with Gasteiger partial charge in [0.25, 0.3) is 0 Å². The lowest BCUT2D eigenvalue weighted by atomic mass is 10.0. The van der Waals surface area contributed by atoms with Crippen molar-refractivity contribution >= 4 is 30.5 Å². The van der Waals surface area contributed by atoms with Gasteiger partial charge in [-0.2, -0.15) is 13.2 Å². The lowest BCUT2D eigenvalue weighted by Gasteiger charge is -2.25. The van der Waals surface area contributed by atoms with E-state index in [-0.39, 0.29) is 30.7 Å². The normalized spacial score (nSPS) is 15.5. The largest absolute Gasteiger partial charge is 0.417 e. The van der Waals surface area contributed by atoms with Crippen LogP contribution >= 0.6 is 24.8 Å². The lowest BCUT2D eigenvalue weighted by Crippen LogP contribution is -2.40. The number of nitrogens with one attached hydrogen (secondary N) is 1. The quantitative estimate of drug-likeness (QED) is 0.878. The van der Waals surface area contributed by atoms with Crippen molar-refractivity contribution in [2.45, 2.75) is 12.1 Å². The maximum atomic E-state index is 12.6. The molecule has 0 unspecified atom stereocenters. The molecule has 2 aromatic heterocycles. The summed E-state index contributed by atoms with van der Waals surface area (Å²) in [6.45, 7) is 1.47. The van der Waals surface area contributed by atoms with E-state index < -0.39 is 11.7 Å². The molecule has 3 rings (SSSR count). The molecule has 1 aliphatic heterocycles. The lowest BCUT2D eigenvalue weighted by molar-refractivity contribution is -0.137. The van der Waals surface area contributed by atoms with Crippen LogP contribution in [0.4, 0.5) is 13.2 Å². The maximum absolute atomic E-state index is 12.6. The summed E-state index contributed by atoms with van der Waals surface area (Å²) in [5.41, 5.74) is -0.238. The highest BCUT2D eigenvalue weighted by atomic mass is 35.5. The summed E-state index contributed by atoms with van der Waals surface area (Å²) in [5, 5.41) is 10.9. The van der Waals surface area contributed by atoms with E-state index in [1.807, 2.05) is 0 Å². The fourth-order valence-corrected chi connectivity index (χ4v) is 1.83. The van der Waals surface area contributed by atoms with E-state index >= 15 is 0 Å². The summed E-state index contributed by atoms with van der Waals surface area (Å²) in [5.74, 6) is 0.735. The minimum Gasteiger partial charge on any atom is -0.315 e. The Balaban J connectivity index is 0.000000902. The van der Waals surface area contributed by atoms with Crippen LogP contribution in [-0.4, -0.2) is 27.7 Å². The molecule has 3 heterocycles. The summed E-state index contributed by atoms with van der Waals surface area (Å²) < 4.78 is 39.2. The Morgan fingerprint density at radius 2 is 1.84 bits per heavy atom.